The lowest BCUT2D eigenvalue weighted by atomic mass is 10.1. The number of rotatable bonds is 5. The smallest absolute Gasteiger partial charge is 0.165 e. The van der Waals surface area contributed by atoms with Crippen molar-refractivity contribution in [2.75, 3.05) is 13.2 Å². The molecule has 1 aliphatic rings. The van der Waals surface area contributed by atoms with Crippen LogP contribution in [-0.4, -0.2) is 19.3 Å². The van der Waals surface area contributed by atoms with Crippen molar-refractivity contribution in [3.8, 4) is 5.75 Å². The Balaban J connectivity index is 1.85. The Labute approximate surface area is 107 Å². The maximum absolute atomic E-state index is 13.7. The molecule has 4 heteroatoms. The summed E-state index contributed by atoms with van der Waals surface area (Å²) in [6.07, 6.45) is 3.28. The zero-order chi connectivity index (χ0) is 13.0. The van der Waals surface area contributed by atoms with Crippen molar-refractivity contribution in [3.63, 3.8) is 0 Å². The summed E-state index contributed by atoms with van der Waals surface area (Å²) in [5, 5.41) is 0. The lowest BCUT2D eigenvalue weighted by Crippen LogP contribution is -2.11. The van der Waals surface area contributed by atoms with Gasteiger partial charge in [0.1, 0.15) is 0 Å². The Morgan fingerprint density at radius 2 is 2.39 bits per heavy atom. The van der Waals surface area contributed by atoms with Gasteiger partial charge in [-0.15, -0.1) is 0 Å². The molecule has 1 heterocycles. The van der Waals surface area contributed by atoms with Crippen molar-refractivity contribution in [2.45, 2.75) is 38.3 Å². The fourth-order valence-electron chi connectivity index (χ4n) is 2.09. The van der Waals surface area contributed by atoms with Gasteiger partial charge in [-0.05, 0) is 37.5 Å². The van der Waals surface area contributed by atoms with E-state index in [-0.39, 0.29) is 23.7 Å². The highest BCUT2D eigenvalue weighted by molar-refractivity contribution is 5.30. The number of ether oxygens (including phenoxy) is 2. The summed E-state index contributed by atoms with van der Waals surface area (Å²) in [5.74, 6) is -0.0606. The summed E-state index contributed by atoms with van der Waals surface area (Å²) in [6.45, 7) is 3.15. The molecule has 0 aromatic heterocycles. The van der Waals surface area contributed by atoms with Crippen LogP contribution >= 0.6 is 0 Å². The minimum Gasteiger partial charge on any atom is -0.490 e. The molecule has 1 saturated heterocycles. The Morgan fingerprint density at radius 1 is 1.56 bits per heavy atom. The van der Waals surface area contributed by atoms with E-state index in [0.29, 0.717) is 6.61 Å². The summed E-state index contributed by atoms with van der Waals surface area (Å²) in [7, 11) is 0. The van der Waals surface area contributed by atoms with Crippen LogP contribution in [0.25, 0.3) is 0 Å². The second kappa shape index (κ2) is 6.16. The lowest BCUT2D eigenvalue weighted by molar-refractivity contribution is 0.0897. The fourth-order valence-corrected chi connectivity index (χ4v) is 2.09. The molecule has 2 N–H and O–H groups in total. The molecule has 2 unspecified atom stereocenters. The number of nitrogens with two attached hydrogens (primary N) is 1. The van der Waals surface area contributed by atoms with Crippen LogP contribution in [0, 0.1) is 5.82 Å². The zero-order valence-corrected chi connectivity index (χ0v) is 10.7. The molecular formula is C14H20FNO2. The van der Waals surface area contributed by atoms with E-state index >= 15 is 0 Å². The van der Waals surface area contributed by atoms with Gasteiger partial charge in [-0.3, -0.25) is 0 Å². The highest BCUT2D eigenvalue weighted by Crippen LogP contribution is 2.22. The van der Waals surface area contributed by atoms with Gasteiger partial charge in [0.25, 0.3) is 0 Å². The molecule has 1 fully saturated rings. The minimum atomic E-state index is -0.350. The molecular weight excluding hydrogens is 233 g/mol. The average Bonchev–Trinajstić information content (AvgIpc) is 2.84. The maximum atomic E-state index is 13.7. The van der Waals surface area contributed by atoms with Gasteiger partial charge >= 0.3 is 0 Å². The number of hydrogen-bond acceptors (Lipinski definition) is 3. The molecule has 2 atom stereocenters. The van der Waals surface area contributed by atoms with Crippen molar-refractivity contribution in [1.29, 1.82) is 0 Å². The van der Waals surface area contributed by atoms with Crippen LogP contribution in [0.1, 0.15) is 37.8 Å². The monoisotopic (exact) mass is 253 g/mol. The van der Waals surface area contributed by atoms with Gasteiger partial charge < -0.3 is 15.2 Å². The summed E-state index contributed by atoms with van der Waals surface area (Å²) in [4.78, 5) is 0. The normalized spacial score (nSPS) is 20.9. The lowest BCUT2D eigenvalue weighted by Gasteiger charge is -2.12. The van der Waals surface area contributed by atoms with Crippen molar-refractivity contribution < 1.29 is 13.9 Å². The SMILES string of the molecule is CC(N)c1ccc(OCCC2CCCO2)c(F)c1. The largest absolute Gasteiger partial charge is 0.490 e. The van der Waals surface area contributed by atoms with Crippen LogP contribution < -0.4 is 10.5 Å². The standard InChI is InChI=1S/C14H20FNO2/c1-10(16)11-4-5-14(13(15)9-11)18-8-6-12-3-2-7-17-12/h4-5,9-10,12H,2-3,6-8,16H2,1H3. The fraction of sp³-hybridized carbons (Fsp3) is 0.571. The molecule has 2 rings (SSSR count). The summed E-state index contributed by atoms with van der Waals surface area (Å²) in [6, 6.07) is 4.71. The predicted octanol–water partition coefficient (Wildman–Crippen LogP) is 2.79. The summed E-state index contributed by atoms with van der Waals surface area (Å²) >= 11 is 0. The van der Waals surface area contributed by atoms with Gasteiger partial charge in [-0.1, -0.05) is 6.07 Å². The number of hydrogen-bond donors (Lipinski definition) is 1. The minimum absolute atomic E-state index is 0.166. The van der Waals surface area contributed by atoms with Crippen LogP contribution in [0.15, 0.2) is 18.2 Å². The quantitative estimate of drug-likeness (QED) is 0.877. The molecule has 1 aliphatic heterocycles. The Kier molecular flexibility index (Phi) is 4.55. The van der Waals surface area contributed by atoms with E-state index in [9.17, 15) is 4.39 Å². The molecule has 0 amide bonds. The van der Waals surface area contributed by atoms with E-state index < -0.39 is 0 Å². The highest BCUT2D eigenvalue weighted by Gasteiger charge is 2.15. The van der Waals surface area contributed by atoms with Crippen molar-refractivity contribution in [3.05, 3.63) is 29.6 Å². The summed E-state index contributed by atoms with van der Waals surface area (Å²) in [5.41, 5.74) is 6.47. The average molecular weight is 253 g/mol. The molecule has 100 valence electrons. The molecule has 1 aromatic carbocycles. The van der Waals surface area contributed by atoms with Gasteiger partial charge in [0.2, 0.25) is 0 Å². The van der Waals surface area contributed by atoms with Gasteiger partial charge in [0.05, 0.1) is 12.7 Å². The second-order valence-corrected chi connectivity index (χ2v) is 4.75. The number of benzene rings is 1. The Bertz CT molecular complexity index is 389. The molecule has 3 nitrogen and oxygen atoms in total. The number of halogens is 1. The van der Waals surface area contributed by atoms with E-state index in [2.05, 4.69) is 0 Å². The molecule has 0 aliphatic carbocycles. The van der Waals surface area contributed by atoms with Crippen LogP contribution in [0.5, 0.6) is 5.75 Å². The van der Waals surface area contributed by atoms with Crippen LogP contribution in [0.3, 0.4) is 0 Å². The van der Waals surface area contributed by atoms with Gasteiger partial charge in [0, 0.05) is 19.1 Å². The van der Waals surface area contributed by atoms with E-state index in [4.69, 9.17) is 15.2 Å². The topological polar surface area (TPSA) is 44.5 Å². The first-order valence-corrected chi connectivity index (χ1v) is 6.46. The first-order chi connectivity index (χ1) is 8.66. The van der Waals surface area contributed by atoms with Gasteiger partial charge in [-0.2, -0.15) is 0 Å². The van der Waals surface area contributed by atoms with E-state index in [1.165, 1.54) is 6.07 Å². The summed E-state index contributed by atoms with van der Waals surface area (Å²) < 4.78 is 24.6. The Hall–Kier alpha value is -1.13. The second-order valence-electron chi connectivity index (χ2n) is 4.75. The van der Waals surface area contributed by atoms with Crippen molar-refractivity contribution >= 4 is 0 Å². The molecule has 0 radical (unpaired) electrons. The molecule has 1 aromatic rings. The van der Waals surface area contributed by atoms with Crippen LogP contribution in [0.2, 0.25) is 0 Å². The maximum Gasteiger partial charge on any atom is 0.165 e. The zero-order valence-electron chi connectivity index (χ0n) is 10.7. The van der Waals surface area contributed by atoms with Crippen LogP contribution in [0.4, 0.5) is 4.39 Å². The van der Waals surface area contributed by atoms with Crippen LogP contribution in [-0.2, 0) is 4.74 Å². The first kappa shape index (κ1) is 13.3. The first-order valence-electron chi connectivity index (χ1n) is 6.46. The molecule has 0 spiro atoms. The van der Waals surface area contributed by atoms with Gasteiger partial charge in [-0.25, -0.2) is 4.39 Å². The molecule has 18 heavy (non-hydrogen) atoms. The van der Waals surface area contributed by atoms with E-state index in [0.717, 1.165) is 31.4 Å². The highest BCUT2D eigenvalue weighted by atomic mass is 19.1. The Morgan fingerprint density at radius 3 is 3.00 bits per heavy atom. The molecule has 0 saturated carbocycles. The van der Waals surface area contributed by atoms with Crippen molar-refractivity contribution in [1.82, 2.24) is 0 Å². The third-order valence-electron chi connectivity index (χ3n) is 3.20. The van der Waals surface area contributed by atoms with E-state index in [1.54, 1.807) is 12.1 Å². The third kappa shape index (κ3) is 3.43. The third-order valence-corrected chi connectivity index (χ3v) is 3.20. The van der Waals surface area contributed by atoms with Crippen molar-refractivity contribution in [2.24, 2.45) is 5.73 Å². The molecule has 0 bridgehead atoms. The van der Waals surface area contributed by atoms with Gasteiger partial charge in [0.15, 0.2) is 11.6 Å². The van der Waals surface area contributed by atoms with E-state index in [1.807, 2.05) is 6.92 Å². The predicted molar refractivity (Wildman–Crippen MR) is 68.1 cm³/mol.